The van der Waals surface area contributed by atoms with Crippen molar-refractivity contribution in [2.45, 2.75) is 0 Å². The second-order valence-electron chi connectivity index (χ2n) is 7.44. The number of ether oxygens (including phenoxy) is 4. The number of fused-ring (bicyclic) bond motifs is 2. The quantitative estimate of drug-likeness (QED) is 0.282. The van der Waals surface area contributed by atoms with Crippen molar-refractivity contribution in [2.75, 3.05) is 13.6 Å². The lowest BCUT2D eigenvalue weighted by atomic mass is 10.1. The second kappa shape index (κ2) is 9.90. The smallest absolute Gasteiger partial charge is 0.287 e. The number of benzene rings is 3. The summed E-state index contributed by atoms with van der Waals surface area (Å²) < 4.78 is 22.2. The number of nitrogens with zero attached hydrogens (tertiary/aromatic N) is 1. The predicted molar refractivity (Wildman–Crippen MR) is 130 cm³/mol. The minimum atomic E-state index is -0.606. The lowest BCUT2D eigenvalue weighted by Crippen LogP contribution is -2.32. The third kappa shape index (κ3) is 5.28. The molecule has 9 nitrogen and oxygen atoms in total. The monoisotopic (exact) mass is 535 g/mol. The highest BCUT2D eigenvalue weighted by Gasteiger charge is 2.17. The first-order valence-electron chi connectivity index (χ1n) is 10.5. The molecule has 2 aliphatic heterocycles. The van der Waals surface area contributed by atoms with Crippen LogP contribution in [0.4, 0.5) is 0 Å². The van der Waals surface area contributed by atoms with Gasteiger partial charge in [0.2, 0.25) is 13.6 Å². The first kappa shape index (κ1) is 22.5. The van der Waals surface area contributed by atoms with Gasteiger partial charge in [0.05, 0.1) is 6.21 Å². The van der Waals surface area contributed by atoms with Gasteiger partial charge in [-0.3, -0.25) is 9.59 Å². The number of halogens is 1. The summed E-state index contributed by atoms with van der Waals surface area (Å²) in [5.74, 6) is 1.37. The average Bonchev–Trinajstić information content (AvgIpc) is 3.52. The van der Waals surface area contributed by atoms with Gasteiger partial charge in [-0.2, -0.15) is 5.10 Å². The maximum Gasteiger partial charge on any atom is 0.287 e. The standard InChI is InChI=1S/C25H18BrN3O6/c26-18-5-3-17(4-6-18)24(30)28-19(9-15-1-7-20-22(10-15)34-13-32-20)25(31)29-27-12-16-2-8-21-23(11-16)35-14-33-21/h1-12H,13-14H2,(H,28,30)(H,29,31)/b19-9-,27-12-. The molecule has 0 spiro atoms. The molecule has 2 N–H and O–H groups in total. The van der Waals surface area contributed by atoms with Gasteiger partial charge in [-0.05, 0) is 71.8 Å². The van der Waals surface area contributed by atoms with Crippen LogP contribution in [0.1, 0.15) is 21.5 Å². The van der Waals surface area contributed by atoms with Gasteiger partial charge in [0.1, 0.15) is 5.70 Å². The van der Waals surface area contributed by atoms with E-state index in [1.807, 2.05) is 0 Å². The highest BCUT2D eigenvalue weighted by atomic mass is 79.9. The Hall–Kier alpha value is -4.31. The van der Waals surface area contributed by atoms with E-state index in [0.717, 1.165) is 4.47 Å². The summed E-state index contributed by atoms with van der Waals surface area (Å²) in [5, 5.41) is 6.68. The van der Waals surface area contributed by atoms with Crippen LogP contribution < -0.4 is 29.7 Å². The molecule has 176 valence electrons. The van der Waals surface area contributed by atoms with E-state index in [9.17, 15) is 9.59 Å². The topological polar surface area (TPSA) is 107 Å². The van der Waals surface area contributed by atoms with Gasteiger partial charge >= 0.3 is 0 Å². The van der Waals surface area contributed by atoms with Crippen LogP contribution in [-0.2, 0) is 4.79 Å². The van der Waals surface area contributed by atoms with Crippen molar-refractivity contribution in [3.63, 3.8) is 0 Å². The number of carbonyl (C=O) groups excluding carboxylic acids is 2. The molecule has 3 aromatic rings. The predicted octanol–water partition coefficient (Wildman–Crippen LogP) is 3.83. The Kier molecular flexibility index (Phi) is 6.36. The molecule has 0 aromatic heterocycles. The maximum atomic E-state index is 13.0. The van der Waals surface area contributed by atoms with Crippen molar-refractivity contribution < 1.29 is 28.5 Å². The summed E-state index contributed by atoms with van der Waals surface area (Å²) in [7, 11) is 0. The van der Waals surface area contributed by atoms with Crippen molar-refractivity contribution in [3.8, 4) is 23.0 Å². The molecule has 0 aliphatic carbocycles. The minimum Gasteiger partial charge on any atom is -0.454 e. The Labute approximate surface area is 208 Å². The van der Waals surface area contributed by atoms with E-state index < -0.39 is 11.8 Å². The zero-order valence-electron chi connectivity index (χ0n) is 18.1. The van der Waals surface area contributed by atoms with Crippen molar-refractivity contribution in [2.24, 2.45) is 5.10 Å². The lowest BCUT2D eigenvalue weighted by Gasteiger charge is -2.10. The molecular formula is C25H18BrN3O6. The number of amides is 2. The Morgan fingerprint density at radius 3 is 2.09 bits per heavy atom. The van der Waals surface area contributed by atoms with Gasteiger partial charge in [0.25, 0.3) is 11.8 Å². The molecule has 5 rings (SSSR count). The number of carbonyl (C=O) groups is 2. The van der Waals surface area contributed by atoms with E-state index in [1.165, 1.54) is 12.3 Å². The first-order valence-corrected chi connectivity index (χ1v) is 11.3. The number of hydrogen-bond donors (Lipinski definition) is 2. The highest BCUT2D eigenvalue weighted by Crippen LogP contribution is 2.33. The lowest BCUT2D eigenvalue weighted by molar-refractivity contribution is -0.117. The van der Waals surface area contributed by atoms with E-state index in [2.05, 4.69) is 31.8 Å². The zero-order chi connectivity index (χ0) is 24.2. The van der Waals surface area contributed by atoms with Crippen LogP contribution in [0.25, 0.3) is 6.08 Å². The fraction of sp³-hybridized carbons (Fsp3) is 0.0800. The molecule has 0 unspecified atom stereocenters. The largest absolute Gasteiger partial charge is 0.454 e. The molecule has 10 heteroatoms. The van der Waals surface area contributed by atoms with Crippen LogP contribution in [0.5, 0.6) is 23.0 Å². The van der Waals surface area contributed by atoms with Crippen LogP contribution in [0.15, 0.2) is 75.9 Å². The summed E-state index contributed by atoms with van der Waals surface area (Å²) >= 11 is 3.34. The average molecular weight is 536 g/mol. The Morgan fingerprint density at radius 2 is 1.40 bits per heavy atom. The Morgan fingerprint density at radius 1 is 0.800 bits per heavy atom. The van der Waals surface area contributed by atoms with Crippen molar-refractivity contribution in [3.05, 3.63) is 87.5 Å². The van der Waals surface area contributed by atoms with E-state index in [1.54, 1.807) is 60.7 Å². The molecule has 0 bridgehead atoms. The van der Waals surface area contributed by atoms with Crippen LogP contribution in [0.2, 0.25) is 0 Å². The van der Waals surface area contributed by atoms with Crippen LogP contribution in [-0.4, -0.2) is 31.6 Å². The summed E-state index contributed by atoms with van der Waals surface area (Å²) in [4.78, 5) is 25.8. The van der Waals surface area contributed by atoms with E-state index in [0.29, 0.717) is 39.7 Å². The molecule has 2 heterocycles. The SMILES string of the molecule is O=C(N/N=C\c1ccc2c(c1)OCO2)/C(=C/c1ccc2c(c1)OCO2)NC(=O)c1ccc(Br)cc1. The molecule has 0 saturated carbocycles. The van der Waals surface area contributed by atoms with Gasteiger partial charge in [0.15, 0.2) is 23.0 Å². The molecule has 0 saturated heterocycles. The summed E-state index contributed by atoms with van der Waals surface area (Å²) in [5.41, 5.74) is 4.18. The number of hydrazone groups is 1. The van der Waals surface area contributed by atoms with Crippen LogP contribution in [0.3, 0.4) is 0 Å². The molecule has 0 radical (unpaired) electrons. The van der Waals surface area contributed by atoms with E-state index in [4.69, 9.17) is 18.9 Å². The van der Waals surface area contributed by atoms with Gasteiger partial charge in [-0.25, -0.2) is 5.43 Å². The summed E-state index contributed by atoms with van der Waals surface area (Å²) in [6.07, 6.45) is 3.00. The molecule has 35 heavy (non-hydrogen) atoms. The van der Waals surface area contributed by atoms with Gasteiger partial charge in [-0.15, -0.1) is 0 Å². The van der Waals surface area contributed by atoms with Gasteiger partial charge in [0, 0.05) is 10.0 Å². The summed E-state index contributed by atoms with van der Waals surface area (Å²) in [6.45, 7) is 0.295. The third-order valence-corrected chi connectivity index (χ3v) is 5.61. The fourth-order valence-electron chi connectivity index (χ4n) is 3.34. The van der Waals surface area contributed by atoms with E-state index in [-0.39, 0.29) is 19.3 Å². The van der Waals surface area contributed by atoms with Crippen LogP contribution in [0, 0.1) is 0 Å². The molecule has 0 atom stereocenters. The normalized spacial score (nSPS) is 13.7. The molecule has 3 aromatic carbocycles. The number of hydrogen-bond acceptors (Lipinski definition) is 7. The highest BCUT2D eigenvalue weighted by molar-refractivity contribution is 9.10. The van der Waals surface area contributed by atoms with Gasteiger partial charge < -0.3 is 24.3 Å². The Bertz CT molecular complexity index is 1350. The van der Waals surface area contributed by atoms with Crippen molar-refractivity contribution in [1.82, 2.24) is 10.7 Å². The molecule has 0 fully saturated rings. The van der Waals surface area contributed by atoms with E-state index >= 15 is 0 Å². The van der Waals surface area contributed by atoms with Crippen molar-refractivity contribution in [1.29, 1.82) is 0 Å². The maximum absolute atomic E-state index is 13.0. The number of nitrogens with one attached hydrogen (secondary N) is 2. The molecular weight excluding hydrogens is 518 g/mol. The minimum absolute atomic E-state index is 0.000351. The zero-order valence-corrected chi connectivity index (χ0v) is 19.7. The Balaban J connectivity index is 1.35. The number of rotatable bonds is 6. The molecule has 2 aliphatic rings. The van der Waals surface area contributed by atoms with Gasteiger partial charge in [-0.1, -0.05) is 22.0 Å². The van der Waals surface area contributed by atoms with Crippen molar-refractivity contribution >= 4 is 40.0 Å². The second-order valence-corrected chi connectivity index (χ2v) is 8.36. The first-order chi connectivity index (χ1) is 17.0. The van der Waals surface area contributed by atoms with Crippen LogP contribution >= 0.6 is 15.9 Å². The summed E-state index contributed by atoms with van der Waals surface area (Å²) in [6, 6.07) is 17.3. The molecule has 2 amide bonds. The fourth-order valence-corrected chi connectivity index (χ4v) is 3.61. The third-order valence-electron chi connectivity index (χ3n) is 5.08.